The number of nitrogens with two attached hydrogens (primary N) is 1. The summed E-state index contributed by atoms with van der Waals surface area (Å²) in [6.45, 7) is 2.14. The van der Waals surface area contributed by atoms with Crippen molar-refractivity contribution in [2.75, 3.05) is 5.73 Å². The van der Waals surface area contributed by atoms with Crippen molar-refractivity contribution < 1.29 is 4.42 Å². The monoisotopic (exact) mass is 246 g/mol. The van der Waals surface area contributed by atoms with Gasteiger partial charge in [0, 0.05) is 12.3 Å². The predicted octanol–water partition coefficient (Wildman–Crippen LogP) is 3.36. The van der Waals surface area contributed by atoms with Crippen molar-refractivity contribution in [1.29, 1.82) is 0 Å². The van der Waals surface area contributed by atoms with Gasteiger partial charge in [-0.1, -0.05) is 6.92 Å². The topological polar surface area (TPSA) is 52.0 Å². The van der Waals surface area contributed by atoms with Gasteiger partial charge in [0.2, 0.25) is 0 Å². The molecule has 0 radical (unpaired) electrons. The van der Waals surface area contributed by atoms with Crippen LogP contribution in [0.3, 0.4) is 0 Å². The van der Waals surface area contributed by atoms with E-state index in [4.69, 9.17) is 10.2 Å². The van der Waals surface area contributed by atoms with Gasteiger partial charge in [-0.05, 0) is 55.8 Å². The first kappa shape index (κ1) is 10.9. The summed E-state index contributed by atoms with van der Waals surface area (Å²) in [5.41, 5.74) is 6.98. The van der Waals surface area contributed by atoms with Crippen molar-refractivity contribution in [3.8, 4) is 0 Å². The third-order valence-corrected chi connectivity index (χ3v) is 5.61. The second kappa shape index (κ2) is 3.75. The SMILES string of the molecule is CCc1oc(N)nc1C1C2CC3CC(C2)CC1C3. The molecule has 0 aromatic carbocycles. The molecule has 5 rings (SSSR count). The van der Waals surface area contributed by atoms with Crippen LogP contribution in [0.4, 0.5) is 6.01 Å². The zero-order chi connectivity index (χ0) is 12.3. The number of rotatable bonds is 2. The van der Waals surface area contributed by atoms with E-state index in [0.29, 0.717) is 11.9 Å². The number of aromatic nitrogens is 1. The molecule has 1 aromatic rings. The lowest BCUT2D eigenvalue weighted by molar-refractivity contribution is -0.00453. The van der Waals surface area contributed by atoms with E-state index in [1.165, 1.54) is 37.8 Å². The third kappa shape index (κ3) is 1.45. The highest BCUT2D eigenvalue weighted by molar-refractivity contribution is 5.26. The fourth-order valence-electron chi connectivity index (χ4n) is 5.27. The average molecular weight is 246 g/mol. The first-order valence-electron chi connectivity index (χ1n) is 7.49. The molecule has 1 heterocycles. The molecule has 0 atom stereocenters. The number of hydrogen-bond acceptors (Lipinski definition) is 3. The van der Waals surface area contributed by atoms with Crippen LogP contribution in [0.5, 0.6) is 0 Å². The van der Waals surface area contributed by atoms with E-state index < -0.39 is 0 Å². The Balaban J connectivity index is 1.72. The number of anilines is 1. The highest BCUT2D eigenvalue weighted by Gasteiger charge is 2.50. The number of aryl methyl sites for hydroxylation is 1. The van der Waals surface area contributed by atoms with Gasteiger partial charge in [-0.15, -0.1) is 0 Å². The molecular formula is C15H22N2O. The molecule has 4 aliphatic carbocycles. The third-order valence-electron chi connectivity index (χ3n) is 5.61. The molecule has 2 N–H and O–H groups in total. The first-order valence-corrected chi connectivity index (χ1v) is 7.49. The summed E-state index contributed by atoms with van der Waals surface area (Å²) in [7, 11) is 0. The molecule has 0 aliphatic heterocycles. The van der Waals surface area contributed by atoms with Crippen molar-refractivity contribution in [2.45, 2.75) is 51.4 Å². The lowest BCUT2D eigenvalue weighted by Crippen LogP contribution is -2.44. The highest BCUT2D eigenvalue weighted by atomic mass is 16.4. The molecule has 4 aliphatic rings. The zero-order valence-electron chi connectivity index (χ0n) is 11.1. The van der Waals surface area contributed by atoms with Gasteiger partial charge in [-0.3, -0.25) is 0 Å². The van der Waals surface area contributed by atoms with Gasteiger partial charge >= 0.3 is 0 Å². The van der Waals surface area contributed by atoms with Gasteiger partial charge in [0.15, 0.2) is 0 Å². The van der Waals surface area contributed by atoms with Crippen LogP contribution >= 0.6 is 0 Å². The first-order chi connectivity index (χ1) is 8.74. The van der Waals surface area contributed by atoms with E-state index >= 15 is 0 Å². The minimum atomic E-state index is 0.371. The number of hydrogen-bond donors (Lipinski definition) is 1. The van der Waals surface area contributed by atoms with Gasteiger partial charge < -0.3 is 10.2 Å². The van der Waals surface area contributed by atoms with Crippen LogP contribution in [0.15, 0.2) is 4.42 Å². The van der Waals surface area contributed by atoms with E-state index in [-0.39, 0.29) is 0 Å². The zero-order valence-corrected chi connectivity index (χ0v) is 11.1. The molecule has 3 heteroatoms. The number of oxazole rings is 1. The highest BCUT2D eigenvalue weighted by Crippen LogP contribution is 2.60. The smallest absolute Gasteiger partial charge is 0.292 e. The molecule has 3 nitrogen and oxygen atoms in total. The van der Waals surface area contributed by atoms with Crippen LogP contribution in [-0.2, 0) is 6.42 Å². The Hall–Kier alpha value is -0.990. The molecule has 0 amide bonds. The Kier molecular flexibility index (Phi) is 2.27. The van der Waals surface area contributed by atoms with Gasteiger partial charge in [-0.2, -0.15) is 4.98 Å². The fraction of sp³-hybridized carbons (Fsp3) is 0.800. The molecule has 4 saturated carbocycles. The standard InChI is InChI=1S/C15H22N2O/c1-2-12-14(17-15(16)18-12)13-10-4-8-3-9(6-10)7-11(13)5-8/h8-11,13H,2-7H2,1H3,(H2,16,17). The maximum Gasteiger partial charge on any atom is 0.292 e. The lowest BCUT2D eigenvalue weighted by Gasteiger charge is -2.54. The Morgan fingerprint density at radius 2 is 1.72 bits per heavy atom. The number of nitrogen functional groups attached to an aromatic ring is 1. The quantitative estimate of drug-likeness (QED) is 0.870. The normalized spacial score (nSPS) is 41.5. The minimum Gasteiger partial charge on any atom is -0.429 e. The summed E-state index contributed by atoms with van der Waals surface area (Å²) in [6, 6.07) is 0.371. The summed E-state index contributed by atoms with van der Waals surface area (Å²) in [4.78, 5) is 4.54. The van der Waals surface area contributed by atoms with Crippen LogP contribution in [0.2, 0.25) is 0 Å². The molecule has 0 unspecified atom stereocenters. The van der Waals surface area contributed by atoms with Gasteiger partial charge in [0.25, 0.3) is 6.01 Å². The minimum absolute atomic E-state index is 0.371. The molecule has 98 valence electrons. The largest absolute Gasteiger partial charge is 0.429 e. The van der Waals surface area contributed by atoms with Crippen molar-refractivity contribution >= 4 is 6.01 Å². The van der Waals surface area contributed by atoms with Crippen molar-refractivity contribution in [1.82, 2.24) is 4.98 Å². The molecule has 4 fully saturated rings. The summed E-state index contributed by atoms with van der Waals surface area (Å²) in [6.07, 6.45) is 8.12. The predicted molar refractivity (Wildman–Crippen MR) is 70.1 cm³/mol. The van der Waals surface area contributed by atoms with E-state index in [0.717, 1.165) is 35.9 Å². The summed E-state index contributed by atoms with van der Waals surface area (Å²) in [5, 5.41) is 0. The van der Waals surface area contributed by atoms with Gasteiger partial charge in [-0.25, -0.2) is 0 Å². The van der Waals surface area contributed by atoms with E-state index in [1.807, 2.05) is 0 Å². The second-order valence-electron chi connectivity index (χ2n) is 6.67. The summed E-state index contributed by atoms with van der Waals surface area (Å²) >= 11 is 0. The van der Waals surface area contributed by atoms with Crippen molar-refractivity contribution in [3.05, 3.63) is 11.5 Å². The maximum atomic E-state index is 5.77. The van der Waals surface area contributed by atoms with Crippen LogP contribution in [0.1, 0.15) is 56.4 Å². The fourth-order valence-corrected chi connectivity index (χ4v) is 5.27. The maximum absolute atomic E-state index is 5.77. The van der Waals surface area contributed by atoms with Crippen LogP contribution in [0, 0.1) is 23.7 Å². The molecular weight excluding hydrogens is 224 g/mol. The molecule has 18 heavy (non-hydrogen) atoms. The molecule has 1 aromatic heterocycles. The molecule has 0 saturated heterocycles. The lowest BCUT2D eigenvalue weighted by atomic mass is 9.51. The van der Waals surface area contributed by atoms with Crippen LogP contribution in [-0.4, -0.2) is 4.98 Å². The Bertz CT molecular complexity index is 437. The summed E-state index contributed by atoms with van der Waals surface area (Å²) < 4.78 is 5.59. The number of nitrogens with zero attached hydrogens (tertiary/aromatic N) is 1. The Morgan fingerprint density at radius 1 is 1.11 bits per heavy atom. The van der Waals surface area contributed by atoms with E-state index in [2.05, 4.69) is 11.9 Å². The van der Waals surface area contributed by atoms with Crippen molar-refractivity contribution in [3.63, 3.8) is 0 Å². The Morgan fingerprint density at radius 3 is 2.28 bits per heavy atom. The van der Waals surface area contributed by atoms with Gasteiger partial charge in [0.05, 0.1) is 5.69 Å². The van der Waals surface area contributed by atoms with Crippen LogP contribution in [0.25, 0.3) is 0 Å². The van der Waals surface area contributed by atoms with Crippen molar-refractivity contribution in [2.24, 2.45) is 23.7 Å². The second-order valence-corrected chi connectivity index (χ2v) is 6.67. The molecule has 0 spiro atoms. The van der Waals surface area contributed by atoms with E-state index in [9.17, 15) is 0 Å². The molecule has 4 bridgehead atoms. The van der Waals surface area contributed by atoms with Crippen LogP contribution < -0.4 is 5.73 Å². The summed E-state index contributed by atoms with van der Waals surface area (Å²) in [5.74, 6) is 5.43. The average Bonchev–Trinajstić information content (AvgIpc) is 2.69. The van der Waals surface area contributed by atoms with Gasteiger partial charge in [0.1, 0.15) is 5.76 Å². The van der Waals surface area contributed by atoms with E-state index in [1.54, 1.807) is 0 Å². The Labute approximate surface area is 108 Å².